The number of carbonyl (C=O) groups is 2. The highest BCUT2D eigenvalue weighted by Crippen LogP contribution is 2.10. The summed E-state index contributed by atoms with van der Waals surface area (Å²) in [4.78, 5) is 25.5. The zero-order chi connectivity index (χ0) is 14.3. The van der Waals surface area contributed by atoms with E-state index in [1.807, 2.05) is 18.7 Å². The quantitative estimate of drug-likeness (QED) is 0.736. The Balaban J connectivity index is 2.31. The average Bonchev–Trinajstić information content (AvgIpc) is 2.44. The molecule has 1 N–H and O–H groups in total. The van der Waals surface area contributed by atoms with Gasteiger partial charge in [-0.15, -0.1) is 0 Å². The van der Waals surface area contributed by atoms with E-state index < -0.39 is 0 Å². The van der Waals surface area contributed by atoms with Crippen LogP contribution >= 0.6 is 0 Å². The summed E-state index contributed by atoms with van der Waals surface area (Å²) in [7, 11) is 0. The number of hydrogen-bond acceptors (Lipinski definition) is 4. The standard InChI is InChI=1S/C14H26N2O3/c1-4-19-14(18)11(2)10-15-12(3)13(17)16-8-6-5-7-9-16/h11-12,15H,4-10H2,1-3H3. The lowest BCUT2D eigenvalue weighted by Gasteiger charge is -2.29. The Bertz CT molecular complexity index is 301. The molecule has 0 aliphatic carbocycles. The van der Waals surface area contributed by atoms with Gasteiger partial charge in [-0.05, 0) is 33.1 Å². The van der Waals surface area contributed by atoms with Gasteiger partial charge in [0.15, 0.2) is 0 Å². The highest BCUT2D eigenvalue weighted by molar-refractivity contribution is 5.81. The van der Waals surface area contributed by atoms with Crippen LogP contribution in [0.3, 0.4) is 0 Å². The van der Waals surface area contributed by atoms with Crippen molar-refractivity contribution in [1.29, 1.82) is 0 Å². The molecule has 0 bridgehead atoms. The summed E-state index contributed by atoms with van der Waals surface area (Å²) in [6, 6.07) is -0.241. The number of piperidine rings is 1. The van der Waals surface area contributed by atoms with Gasteiger partial charge in [0.05, 0.1) is 18.6 Å². The van der Waals surface area contributed by atoms with Crippen LogP contribution in [-0.4, -0.2) is 49.1 Å². The van der Waals surface area contributed by atoms with Crippen LogP contribution < -0.4 is 5.32 Å². The van der Waals surface area contributed by atoms with Crippen molar-refractivity contribution in [2.24, 2.45) is 5.92 Å². The van der Waals surface area contributed by atoms with E-state index in [1.165, 1.54) is 6.42 Å². The molecule has 0 aromatic heterocycles. The molecule has 0 aromatic carbocycles. The zero-order valence-electron chi connectivity index (χ0n) is 12.3. The molecule has 1 rings (SSSR count). The Morgan fingerprint density at radius 1 is 1.21 bits per heavy atom. The normalized spacial score (nSPS) is 18.8. The summed E-state index contributed by atoms with van der Waals surface area (Å²) in [6.45, 7) is 8.04. The Labute approximate surface area is 115 Å². The van der Waals surface area contributed by atoms with E-state index in [9.17, 15) is 9.59 Å². The fourth-order valence-electron chi connectivity index (χ4n) is 2.20. The molecule has 5 nitrogen and oxygen atoms in total. The molecule has 1 heterocycles. The van der Waals surface area contributed by atoms with Crippen molar-refractivity contribution in [1.82, 2.24) is 10.2 Å². The van der Waals surface area contributed by atoms with Crippen LogP contribution in [0.4, 0.5) is 0 Å². The summed E-state index contributed by atoms with van der Waals surface area (Å²) in [5.74, 6) is -0.306. The molecule has 1 saturated heterocycles. The van der Waals surface area contributed by atoms with Crippen LogP contribution in [0.5, 0.6) is 0 Å². The maximum Gasteiger partial charge on any atom is 0.309 e. The number of nitrogens with zero attached hydrogens (tertiary/aromatic N) is 1. The van der Waals surface area contributed by atoms with E-state index >= 15 is 0 Å². The Kier molecular flexibility index (Phi) is 6.84. The molecule has 110 valence electrons. The topological polar surface area (TPSA) is 58.6 Å². The number of esters is 1. The summed E-state index contributed by atoms with van der Waals surface area (Å²) in [5, 5.41) is 3.13. The molecule has 0 spiro atoms. The number of nitrogens with one attached hydrogen (secondary N) is 1. The predicted molar refractivity (Wildman–Crippen MR) is 73.7 cm³/mol. The third-order valence-electron chi connectivity index (χ3n) is 3.46. The second-order valence-electron chi connectivity index (χ2n) is 5.17. The lowest BCUT2D eigenvalue weighted by Crippen LogP contribution is -2.48. The minimum absolute atomic E-state index is 0.135. The van der Waals surface area contributed by atoms with Crippen molar-refractivity contribution in [3.63, 3.8) is 0 Å². The van der Waals surface area contributed by atoms with Crippen LogP contribution in [0.1, 0.15) is 40.0 Å². The van der Waals surface area contributed by atoms with Crippen molar-refractivity contribution < 1.29 is 14.3 Å². The monoisotopic (exact) mass is 270 g/mol. The molecule has 0 radical (unpaired) electrons. The van der Waals surface area contributed by atoms with Crippen LogP contribution in [0.15, 0.2) is 0 Å². The van der Waals surface area contributed by atoms with Gasteiger partial charge in [-0.3, -0.25) is 9.59 Å². The van der Waals surface area contributed by atoms with E-state index in [4.69, 9.17) is 4.74 Å². The second-order valence-corrected chi connectivity index (χ2v) is 5.17. The van der Waals surface area contributed by atoms with Gasteiger partial charge < -0.3 is 15.0 Å². The Hall–Kier alpha value is -1.10. The third kappa shape index (κ3) is 5.19. The van der Waals surface area contributed by atoms with Crippen LogP contribution in [0.2, 0.25) is 0 Å². The van der Waals surface area contributed by atoms with Gasteiger partial charge in [0.1, 0.15) is 0 Å². The van der Waals surface area contributed by atoms with Gasteiger partial charge >= 0.3 is 5.97 Å². The first-order chi connectivity index (χ1) is 9.06. The maximum absolute atomic E-state index is 12.2. The Morgan fingerprint density at radius 2 is 1.84 bits per heavy atom. The minimum atomic E-state index is -0.241. The summed E-state index contributed by atoms with van der Waals surface area (Å²) in [6.07, 6.45) is 3.40. The van der Waals surface area contributed by atoms with E-state index in [2.05, 4.69) is 5.32 Å². The summed E-state index contributed by atoms with van der Waals surface area (Å²) in [5.41, 5.74) is 0. The molecule has 0 saturated carbocycles. The van der Waals surface area contributed by atoms with Crippen molar-refractivity contribution >= 4 is 11.9 Å². The van der Waals surface area contributed by atoms with Gasteiger partial charge in [-0.1, -0.05) is 6.92 Å². The van der Waals surface area contributed by atoms with Gasteiger partial charge in [0.2, 0.25) is 5.91 Å². The van der Waals surface area contributed by atoms with Crippen LogP contribution in [-0.2, 0) is 14.3 Å². The van der Waals surface area contributed by atoms with Gasteiger partial charge in [0, 0.05) is 19.6 Å². The first kappa shape index (κ1) is 16.0. The molecular formula is C14H26N2O3. The largest absolute Gasteiger partial charge is 0.466 e. The number of ether oxygens (including phenoxy) is 1. The number of carbonyl (C=O) groups excluding carboxylic acids is 2. The summed E-state index contributed by atoms with van der Waals surface area (Å²) >= 11 is 0. The molecule has 0 aromatic rings. The highest BCUT2D eigenvalue weighted by atomic mass is 16.5. The minimum Gasteiger partial charge on any atom is -0.466 e. The predicted octanol–water partition coefficient (Wildman–Crippen LogP) is 1.18. The fourth-order valence-corrected chi connectivity index (χ4v) is 2.20. The van der Waals surface area contributed by atoms with Crippen molar-refractivity contribution in [3.05, 3.63) is 0 Å². The number of rotatable bonds is 6. The molecule has 1 aliphatic heterocycles. The van der Waals surface area contributed by atoms with Gasteiger partial charge in [-0.25, -0.2) is 0 Å². The van der Waals surface area contributed by atoms with E-state index in [-0.39, 0.29) is 23.8 Å². The number of hydrogen-bond donors (Lipinski definition) is 1. The lowest BCUT2D eigenvalue weighted by atomic mass is 10.1. The molecule has 5 heteroatoms. The number of amides is 1. The molecule has 2 atom stereocenters. The molecular weight excluding hydrogens is 244 g/mol. The van der Waals surface area contributed by atoms with Crippen molar-refractivity contribution in [3.8, 4) is 0 Å². The number of likely N-dealkylation sites (tertiary alicyclic amines) is 1. The molecule has 2 unspecified atom stereocenters. The average molecular weight is 270 g/mol. The van der Waals surface area contributed by atoms with Crippen LogP contribution in [0, 0.1) is 5.92 Å². The first-order valence-corrected chi connectivity index (χ1v) is 7.25. The zero-order valence-corrected chi connectivity index (χ0v) is 12.3. The van der Waals surface area contributed by atoms with E-state index in [0.29, 0.717) is 13.2 Å². The Morgan fingerprint density at radius 3 is 2.42 bits per heavy atom. The fraction of sp³-hybridized carbons (Fsp3) is 0.857. The second kappa shape index (κ2) is 8.15. The molecule has 1 amide bonds. The highest BCUT2D eigenvalue weighted by Gasteiger charge is 2.23. The first-order valence-electron chi connectivity index (χ1n) is 7.25. The van der Waals surface area contributed by atoms with Gasteiger partial charge in [-0.2, -0.15) is 0 Å². The molecule has 1 fully saturated rings. The van der Waals surface area contributed by atoms with Crippen LogP contribution in [0.25, 0.3) is 0 Å². The smallest absolute Gasteiger partial charge is 0.309 e. The summed E-state index contributed by atoms with van der Waals surface area (Å²) < 4.78 is 4.94. The van der Waals surface area contributed by atoms with Crippen molar-refractivity contribution in [2.75, 3.05) is 26.2 Å². The van der Waals surface area contributed by atoms with E-state index in [0.717, 1.165) is 25.9 Å². The lowest BCUT2D eigenvalue weighted by molar-refractivity contribution is -0.147. The third-order valence-corrected chi connectivity index (χ3v) is 3.46. The SMILES string of the molecule is CCOC(=O)C(C)CNC(C)C(=O)N1CCCCC1. The molecule has 1 aliphatic rings. The molecule has 19 heavy (non-hydrogen) atoms. The maximum atomic E-state index is 12.2. The van der Waals surface area contributed by atoms with E-state index in [1.54, 1.807) is 6.92 Å². The van der Waals surface area contributed by atoms with Crippen molar-refractivity contribution in [2.45, 2.75) is 46.1 Å². The van der Waals surface area contributed by atoms with Gasteiger partial charge in [0.25, 0.3) is 0 Å².